The normalized spacial score (nSPS) is 20.6. The molecule has 19 heavy (non-hydrogen) atoms. The van der Waals surface area contributed by atoms with Gasteiger partial charge in [0, 0.05) is 24.2 Å². The lowest BCUT2D eigenvalue weighted by Crippen LogP contribution is -2.40. The Labute approximate surface area is 116 Å². The summed E-state index contributed by atoms with van der Waals surface area (Å²) in [7, 11) is 0. The number of benzene rings is 1. The van der Waals surface area contributed by atoms with Crippen molar-refractivity contribution in [3.63, 3.8) is 0 Å². The van der Waals surface area contributed by atoms with Gasteiger partial charge in [-0.05, 0) is 37.8 Å². The van der Waals surface area contributed by atoms with E-state index in [-0.39, 0.29) is 6.04 Å². The molecule has 0 bridgehead atoms. The fourth-order valence-electron chi connectivity index (χ4n) is 2.71. The highest BCUT2D eigenvalue weighted by molar-refractivity contribution is 6.17. The third-order valence-corrected chi connectivity index (χ3v) is 3.81. The van der Waals surface area contributed by atoms with Crippen LogP contribution in [-0.2, 0) is 6.18 Å². The van der Waals surface area contributed by atoms with Gasteiger partial charge in [0.2, 0.25) is 0 Å². The van der Waals surface area contributed by atoms with Gasteiger partial charge in [-0.3, -0.25) is 0 Å². The number of anilines is 1. The van der Waals surface area contributed by atoms with E-state index < -0.39 is 11.7 Å². The number of alkyl halides is 4. The van der Waals surface area contributed by atoms with Crippen LogP contribution >= 0.6 is 11.6 Å². The second-order valence-electron chi connectivity index (χ2n) is 4.84. The Balaban J connectivity index is 2.33. The second-order valence-corrected chi connectivity index (χ2v) is 5.21. The molecule has 1 aromatic rings. The zero-order valence-electron chi connectivity index (χ0n) is 10.6. The first-order valence-corrected chi connectivity index (χ1v) is 7.06. The van der Waals surface area contributed by atoms with Crippen molar-refractivity contribution < 1.29 is 13.2 Å². The first kappa shape index (κ1) is 14.5. The van der Waals surface area contributed by atoms with Crippen LogP contribution in [0.25, 0.3) is 0 Å². The molecule has 0 aromatic heterocycles. The van der Waals surface area contributed by atoms with Crippen LogP contribution in [0.1, 0.15) is 31.2 Å². The molecule has 1 atom stereocenters. The van der Waals surface area contributed by atoms with E-state index in [1.54, 1.807) is 12.1 Å². The van der Waals surface area contributed by atoms with Gasteiger partial charge < -0.3 is 4.90 Å². The van der Waals surface area contributed by atoms with Crippen LogP contribution in [0.4, 0.5) is 18.9 Å². The van der Waals surface area contributed by atoms with Gasteiger partial charge >= 0.3 is 6.18 Å². The number of halogens is 4. The van der Waals surface area contributed by atoms with Crippen molar-refractivity contribution in [2.75, 3.05) is 17.3 Å². The molecule has 1 heterocycles. The van der Waals surface area contributed by atoms with E-state index >= 15 is 0 Å². The smallest absolute Gasteiger partial charge is 0.368 e. The lowest BCUT2D eigenvalue weighted by Gasteiger charge is -2.38. The van der Waals surface area contributed by atoms with Gasteiger partial charge in [-0.15, -0.1) is 11.6 Å². The lowest BCUT2D eigenvalue weighted by atomic mass is 9.98. The zero-order valence-corrected chi connectivity index (χ0v) is 11.3. The van der Waals surface area contributed by atoms with Crippen LogP contribution in [0.5, 0.6) is 0 Å². The molecule has 1 aliphatic heterocycles. The fraction of sp³-hybridized carbons (Fsp3) is 0.571. The molecule has 106 valence electrons. The molecule has 1 aromatic carbocycles. The molecule has 0 amide bonds. The molecule has 0 spiro atoms. The van der Waals surface area contributed by atoms with Crippen molar-refractivity contribution >= 4 is 17.3 Å². The number of rotatable bonds is 3. The van der Waals surface area contributed by atoms with Gasteiger partial charge in [-0.25, -0.2) is 0 Å². The van der Waals surface area contributed by atoms with Crippen LogP contribution in [0.15, 0.2) is 24.3 Å². The zero-order chi connectivity index (χ0) is 13.9. The lowest BCUT2D eigenvalue weighted by molar-refractivity contribution is -0.137. The van der Waals surface area contributed by atoms with E-state index in [9.17, 15) is 13.2 Å². The highest BCUT2D eigenvalue weighted by atomic mass is 35.5. The third kappa shape index (κ3) is 3.35. The number of nitrogens with zero attached hydrogens (tertiary/aromatic N) is 1. The largest absolute Gasteiger partial charge is 0.418 e. The summed E-state index contributed by atoms with van der Waals surface area (Å²) in [5, 5.41) is 0. The highest BCUT2D eigenvalue weighted by Crippen LogP contribution is 2.38. The van der Waals surface area contributed by atoms with E-state index in [1.807, 2.05) is 4.90 Å². The molecule has 0 N–H and O–H groups in total. The van der Waals surface area contributed by atoms with Gasteiger partial charge in [-0.1, -0.05) is 12.1 Å². The molecule has 1 saturated heterocycles. The van der Waals surface area contributed by atoms with Crippen molar-refractivity contribution in [2.45, 2.75) is 37.9 Å². The summed E-state index contributed by atoms with van der Waals surface area (Å²) in [5.74, 6) is 0.481. The monoisotopic (exact) mass is 291 g/mol. The number of para-hydroxylation sites is 1. The van der Waals surface area contributed by atoms with E-state index in [0.717, 1.165) is 31.7 Å². The molecule has 1 nitrogen and oxygen atoms in total. The average Bonchev–Trinajstić information content (AvgIpc) is 2.39. The van der Waals surface area contributed by atoms with Crippen LogP contribution in [0.2, 0.25) is 0 Å². The van der Waals surface area contributed by atoms with Gasteiger partial charge in [-0.2, -0.15) is 13.2 Å². The topological polar surface area (TPSA) is 3.24 Å². The van der Waals surface area contributed by atoms with Crippen LogP contribution < -0.4 is 4.90 Å². The predicted octanol–water partition coefficient (Wildman–Crippen LogP) is 4.69. The Bertz CT molecular complexity index is 417. The minimum absolute atomic E-state index is 0.120. The number of hydrogen-bond acceptors (Lipinski definition) is 1. The summed E-state index contributed by atoms with van der Waals surface area (Å²) in [5.41, 5.74) is -0.249. The molecule has 0 aliphatic carbocycles. The molecule has 1 aliphatic rings. The minimum Gasteiger partial charge on any atom is -0.368 e. The van der Waals surface area contributed by atoms with E-state index in [4.69, 9.17) is 11.6 Å². The van der Waals surface area contributed by atoms with E-state index in [2.05, 4.69) is 0 Å². The average molecular weight is 292 g/mol. The molecule has 5 heteroatoms. The minimum atomic E-state index is -4.31. The molecule has 2 rings (SSSR count). The van der Waals surface area contributed by atoms with Crippen molar-refractivity contribution in [3.8, 4) is 0 Å². The predicted molar refractivity (Wildman–Crippen MR) is 71.8 cm³/mol. The second kappa shape index (κ2) is 6.04. The van der Waals surface area contributed by atoms with Crippen LogP contribution in [0.3, 0.4) is 0 Å². The molecule has 0 radical (unpaired) electrons. The van der Waals surface area contributed by atoms with Gasteiger partial charge in [0.05, 0.1) is 5.56 Å². The molecule has 1 fully saturated rings. The summed E-state index contributed by atoms with van der Waals surface area (Å²) in [6.45, 7) is 0.675. The molecule has 0 saturated carbocycles. The fourth-order valence-corrected chi connectivity index (χ4v) is 2.96. The first-order chi connectivity index (χ1) is 9.04. The Morgan fingerprint density at radius 1 is 1.21 bits per heavy atom. The maximum absolute atomic E-state index is 13.1. The van der Waals surface area contributed by atoms with E-state index in [1.165, 1.54) is 6.07 Å². The van der Waals surface area contributed by atoms with Crippen molar-refractivity contribution in [1.82, 2.24) is 0 Å². The van der Waals surface area contributed by atoms with E-state index in [0.29, 0.717) is 18.1 Å². The Morgan fingerprint density at radius 3 is 2.63 bits per heavy atom. The summed E-state index contributed by atoms with van der Waals surface area (Å²) in [6, 6.07) is 5.94. The van der Waals surface area contributed by atoms with Crippen molar-refractivity contribution in [3.05, 3.63) is 29.8 Å². The first-order valence-electron chi connectivity index (χ1n) is 6.53. The van der Waals surface area contributed by atoms with Gasteiger partial charge in [0.25, 0.3) is 0 Å². The van der Waals surface area contributed by atoms with Gasteiger partial charge in [0.15, 0.2) is 0 Å². The van der Waals surface area contributed by atoms with Crippen LogP contribution in [0, 0.1) is 0 Å². The summed E-state index contributed by atoms with van der Waals surface area (Å²) < 4.78 is 39.2. The highest BCUT2D eigenvalue weighted by Gasteiger charge is 2.36. The standard InChI is InChI=1S/C14H17ClF3N/c15-9-8-11-5-3-4-10-19(11)13-7-2-1-6-12(13)14(16,17)18/h1-2,6-7,11H,3-5,8-10H2. The SMILES string of the molecule is FC(F)(F)c1ccccc1N1CCCCC1CCCl. The maximum Gasteiger partial charge on any atom is 0.418 e. The molecular weight excluding hydrogens is 275 g/mol. The summed E-state index contributed by atoms with van der Waals surface area (Å²) >= 11 is 5.77. The Kier molecular flexibility index (Phi) is 4.61. The number of hydrogen-bond donors (Lipinski definition) is 0. The Hall–Kier alpha value is -0.900. The van der Waals surface area contributed by atoms with Crippen LogP contribution in [-0.4, -0.2) is 18.5 Å². The molecular formula is C14H17ClF3N. The number of piperidine rings is 1. The third-order valence-electron chi connectivity index (χ3n) is 3.59. The van der Waals surface area contributed by atoms with Gasteiger partial charge in [0.1, 0.15) is 0 Å². The quantitative estimate of drug-likeness (QED) is 0.730. The maximum atomic E-state index is 13.1. The Morgan fingerprint density at radius 2 is 1.95 bits per heavy atom. The summed E-state index contributed by atoms with van der Waals surface area (Å²) in [6.07, 6.45) is -0.663. The molecule has 1 unspecified atom stereocenters. The van der Waals surface area contributed by atoms with Crippen molar-refractivity contribution in [2.24, 2.45) is 0 Å². The van der Waals surface area contributed by atoms with Crippen molar-refractivity contribution in [1.29, 1.82) is 0 Å². The summed E-state index contributed by atoms with van der Waals surface area (Å²) in [4.78, 5) is 1.88.